The molecule has 1 aliphatic heterocycles. The van der Waals surface area contributed by atoms with Crippen LogP contribution in [0, 0.1) is 10.8 Å². The summed E-state index contributed by atoms with van der Waals surface area (Å²) < 4.78 is 5.85. The topological polar surface area (TPSA) is 12.5 Å². The van der Waals surface area contributed by atoms with Crippen LogP contribution in [0.25, 0.3) is 0 Å². The highest BCUT2D eigenvalue weighted by atomic mass is 16.5. The Kier molecular flexibility index (Phi) is 4.53. The van der Waals surface area contributed by atoms with E-state index in [2.05, 4.69) is 92.3 Å². The van der Waals surface area contributed by atoms with Crippen LogP contribution >= 0.6 is 0 Å². The Morgan fingerprint density at radius 1 is 0.958 bits per heavy atom. The number of anilines is 1. The summed E-state index contributed by atoms with van der Waals surface area (Å²) in [5.74, 6) is 0.991. The lowest BCUT2D eigenvalue weighted by atomic mass is 9.52. The van der Waals surface area contributed by atoms with E-state index in [1.807, 2.05) is 0 Å². The molecule has 1 aliphatic rings. The van der Waals surface area contributed by atoms with E-state index in [0.29, 0.717) is 6.61 Å². The number of benzene rings is 1. The first-order chi connectivity index (χ1) is 10.8. The number of hydrogen-bond donors (Lipinski definition) is 0. The van der Waals surface area contributed by atoms with Gasteiger partial charge < -0.3 is 9.64 Å². The van der Waals surface area contributed by atoms with Gasteiger partial charge >= 0.3 is 0 Å². The third kappa shape index (κ3) is 2.82. The number of rotatable bonds is 2. The Labute approximate surface area is 149 Å². The van der Waals surface area contributed by atoms with Crippen LogP contribution in [0.2, 0.25) is 0 Å². The Morgan fingerprint density at radius 3 is 1.92 bits per heavy atom. The van der Waals surface area contributed by atoms with Crippen molar-refractivity contribution in [3.8, 4) is 5.75 Å². The fraction of sp³-hybridized carbons (Fsp3) is 0.727. The lowest BCUT2D eigenvalue weighted by Crippen LogP contribution is -2.55. The van der Waals surface area contributed by atoms with Crippen molar-refractivity contribution in [3.05, 3.63) is 23.8 Å². The first-order valence-corrected chi connectivity index (χ1v) is 9.30. The van der Waals surface area contributed by atoms with Gasteiger partial charge in [0.05, 0.1) is 6.61 Å². The van der Waals surface area contributed by atoms with E-state index in [-0.39, 0.29) is 21.8 Å². The van der Waals surface area contributed by atoms with E-state index >= 15 is 0 Å². The fourth-order valence-corrected chi connectivity index (χ4v) is 4.76. The highest BCUT2D eigenvalue weighted by molar-refractivity contribution is 5.67. The Balaban J connectivity index is 2.79. The highest BCUT2D eigenvalue weighted by Crippen LogP contribution is 2.61. The van der Waals surface area contributed by atoms with Crippen molar-refractivity contribution in [1.29, 1.82) is 0 Å². The maximum absolute atomic E-state index is 5.85. The van der Waals surface area contributed by atoms with Crippen LogP contribution in [-0.4, -0.2) is 18.7 Å². The smallest absolute Gasteiger partial charge is 0.119 e. The predicted octanol–water partition coefficient (Wildman–Crippen LogP) is 6.03. The molecule has 1 aromatic carbocycles. The van der Waals surface area contributed by atoms with Crippen LogP contribution in [0.3, 0.4) is 0 Å². The van der Waals surface area contributed by atoms with Gasteiger partial charge in [0.2, 0.25) is 0 Å². The number of fused-ring (bicyclic) bond motifs is 1. The normalized spacial score (nSPS) is 17.8. The van der Waals surface area contributed by atoms with E-state index in [4.69, 9.17) is 4.74 Å². The standard InChI is InChI=1S/C22H37NO/c1-11-24-16-12-13-18-17(14-16)22(19(2,3)4,20(5,6)7)15-23(18)21(8,9)10/h12-14H,11,15H2,1-10H3. The van der Waals surface area contributed by atoms with Gasteiger partial charge in [0.1, 0.15) is 5.75 Å². The maximum atomic E-state index is 5.85. The molecule has 0 fully saturated rings. The van der Waals surface area contributed by atoms with Gasteiger partial charge in [-0.3, -0.25) is 0 Å². The van der Waals surface area contributed by atoms with Crippen molar-refractivity contribution in [2.24, 2.45) is 10.8 Å². The zero-order valence-corrected chi connectivity index (χ0v) is 17.5. The average Bonchev–Trinajstić information content (AvgIpc) is 2.73. The molecule has 0 amide bonds. The summed E-state index contributed by atoms with van der Waals surface area (Å²) in [7, 11) is 0. The molecule has 2 nitrogen and oxygen atoms in total. The third-order valence-corrected chi connectivity index (χ3v) is 5.80. The molecule has 0 unspecified atom stereocenters. The van der Waals surface area contributed by atoms with Gasteiger partial charge in [-0.05, 0) is 62.3 Å². The molecule has 1 heterocycles. The molecule has 0 radical (unpaired) electrons. The first-order valence-electron chi connectivity index (χ1n) is 9.30. The molecule has 136 valence electrons. The van der Waals surface area contributed by atoms with Gasteiger partial charge in [-0.1, -0.05) is 41.5 Å². The molecular formula is C22H37NO. The third-order valence-electron chi connectivity index (χ3n) is 5.80. The molecule has 0 N–H and O–H groups in total. The van der Waals surface area contributed by atoms with E-state index in [0.717, 1.165) is 12.3 Å². The van der Waals surface area contributed by atoms with E-state index in [1.54, 1.807) is 0 Å². The largest absolute Gasteiger partial charge is 0.494 e. The summed E-state index contributed by atoms with van der Waals surface area (Å²) in [5, 5.41) is 0. The molecule has 0 saturated heterocycles. The Bertz CT molecular complexity index is 582. The van der Waals surface area contributed by atoms with E-state index in [9.17, 15) is 0 Å². The molecule has 0 aromatic heterocycles. The second-order valence-electron chi connectivity index (χ2n) is 10.3. The molecular weight excluding hydrogens is 294 g/mol. The molecule has 0 spiro atoms. The highest BCUT2D eigenvalue weighted by Gasteiger charge is 2.58. The van der Waals surface area contributed by atoms with Gasteiger partial charge in [0.15, 0.2) is 0 Å². The van der Waals surface area contributed by atoms with Crippen LogP contribution in [0.1, 0.15) is 74.8 Å². The van der Waals surface area contributed by atoms with Gasteiger partial charge in [-0.25, -0.2) is 0 Å². The summed E-state index contributed by atoms with van der Waals surface area (Å²) >= 11 is 0. The van der Waals surface area contributed by atoms with Crippen molar-refractivity contribution in [3.63, 3.8) is 0 Å². The molecule has 2 rings (SSSR count). The van der Waals surface area contributed by atoms with Gasteiger partial charge in [-0.2, -0.15) is 0 Å². The monoisotopic (exact) mass is 331 g/mol. The summed E-state index contributed by atoms with van der Waals surface area (Å²) in [5.41, 5.74) is 3.27. The van der Waals surface area contributed by atoms with Crippen molar-refractivity contribution in [1.82, 2.24) is 0 Å². The second-order valence-corrected chi connectivity index (χ2v) is 10.3. The molecule has 0 bridgehead atoms. The minimum atomic E-state index is 0.0652. The molecule has 2 heteroatoms. The molecule has 1 aromatic rings. The molecule has 0 atom stereocenters. The zero-order chi connectivity index (χ0) is 18.6. The van der Waals surface area contributed by atoms with E-state index in [1.165, 1.54) is 11.3 Å². The van der Waals surface area contributed by atoms with Crippen molar-refractivity contribution >= 4 is 5.69 Å². The van der Waals surface area contributed by atoms with Crippen molar-refractivity contribution in [2.75, 3.05) is 18.1 Å². The minimum absolute atomic E-state index is 0.0652. The first kappa shape index (κ1) is 19.1. The van der Waals surface area contributed by atoms with Gasteiger partial charge in [0, 0.05) is 23.2 Å². The number of ether oxygens (including phenoxy) is 1. The molecule has 24 heavy (non-hydrogen) atoms. The maximum Gasteiger partial charge on any atom is 0.119 e. The Hall–Kier alpha value is -1.18. The minimum Gasteiger partial charge on any atom is -0.494 e. The van der Waals surface area contributed by atoms with Crippen molar-refractivity contribution < 1.29 is 4.74 Å². The molecule has 0 saturated carbocycles. The average molecular weight is 332 g/mol. The number of nitrogens with zero attached hydrogens (tertiary/aromatic N) is 1. The molecule has 0 aliphatic carbocycles. The van der Waals surface area contributed by atoms with Crippen LogP contribution < -0.4 is 9.64 Å². The summed E-state index contributed by atoms with van der Waals surface area (Å²) in [6.07, 6.45) is 0. The van der Waals surface area contributed by atoms with Crippen molar-refractivity contribution in [2.45, 2.75) is 80.2 Å². The Morgan fingerprint density at radius 2 is 1.50 bits per heavy atom. The second kappa shape index (κ2) is 5.68. The quantitative estimate of drug-likeness (QED) is 0.655. The van der Waals surface area contributed by atoms with Gasteiger partial charge in [0.25, 0.3) is 0 Å². The predicted molar refractivity (Wildman–Crippen MR) is 105 cm³/mol. The summed E-state index contributed by atoms with van der Waals surface area (Å²) in [4.78, 5) is 2.59. The van der Waals surface area contributed by atoms with Crippen LogP contribution in [0.4, 0.5) is 5.69 Å². The lowest BCUT2D eigenvalue weighted by Gasteiger charge is -2.52. The van der Waals surface area contributed by atoms with Crippen LogP contribution in [-0.2, 0) is 5.41 Å². The summed E-state index contributed by atoms with van der Waals surface area (Å²) in [6.45, 7) is 25.1. The SMILES string of the molecule is CCOc1ccc2c(c1)C(C(C)(C)C)(C(C)(C)C)CN2C(C)(C)C. The van der Waals surface area contributed by atoms with Crippen LogP contribution in [0.5, 0.6) is 5.75 Å². The summed E-state index contributed by atoms with van der Waals surface area (Å²) in [6, 6.07) is 6.70. The lowest BCUT2D eigenvalue weighted by molar-refractivity contribution is 0.0634. The fourth-order valence-electron chi connectivity index (χ4n) is 4.76. The van der Waals surface area contributed by atoms with E-state index < -0.39 is 0 Å². The number of hydrogen-bond acceptors (Lipinski definition) is 2. The van der Waals surface area contributed by atoms with Gasteiger partial charge in [-0.15, -0.1) is 0 Å². The zero-order valence-electron chi connectivity index (χ0n) is 17.5. The van der Waals surface area contributed by atoms with Crippen LogP contribution in [0.15, 0.2) is 18.2 Å².